The molecule has 0 saturated heterocycles. The second-order valence-electron chi connectivity index (χ2n) is 2.63. The van der Waals surface area contributed by atoms with E-state index in [-0.39, 0.29) is 11.9 Å². The number of nitrogens with zero attached hydrogens (tertiary/aromatic N) is 1. The average Bonchev–Trinajstić information content (AvgIpc) is 2.17. The summed E-state index contributed by atoms with van der Waals surface area (Å²) in [5.74, 6) is 2.83. The molecule has 1 atom stereocenters. The van der Waals surface area contributed by atoms with Crippen molar-refractivity contribution in [2.75, 3.05) is 5.32 Å². The molecule has 1 N–H and O–H groups in total. The van der Waals surface area contributed by atoms with E-state index in [9.17, 15) is 4.39 Å². The topological polar surface area (TPSA) is 24.9 Å². The number of halogens is 1. The molecule has 68 valence electrons. The summed E-state index contributed by atoms with van der Waals surface area (Å²) < 4.78 is 12.5. The van der Waals surface area contributed by atoms with E-state index in [1.807, 2.05) is 6.92 Å². The molecule has 0 fully saturated rings. The maximum Gasteiger partial charge on any atom is 0.141 e. The van der Waals surface area contributed by atoms with E-state index >= 15 is 0 Å². The molecule has 13 heavy (non-hydrogen) atoms. The number of anilines is 1. The Morgan fingerprint density at radius 1 is 1.69 bits per heavy atom. The van der Waals surface area contributed by atoms with Gasteiger partial charge in [0.1, 0.15) is 11.6 Å². The fourth-order valence-electron chi connectivity index (χ4n) is 0.901. The van der Waals surface area contributed by atoms with E-state index in [0.29, 0.717) is 5.82 Å². The third kappa shape index (κ3) is 2.75. The number of hydrogen-bond donors (Lipinski definition) is 1. The first kappa shape index (κ1) is 9.53. The van der Waals surface area contributed by atoms with Crippen molar-refractivity contribution in [1.29, 1.82) is 0 Å². The summed E-state index contributed by atoms with van der Waals surface area (Å²) in [6, 6.07) is 2.87. The third-order valence-electron chi connectivity index (χ3n) is 1.66. The predicted molar refractivity (Wildman–Crippen MR) is 50.7 cm³/mol. The van der Waals surface area contributed by atoms with Gasteiger partial charge < -0.3 is 5.32 Å². The van der Waals surface area contributed by atoms with Crippen molar-refractivity contribution in [2.24, 2.45) is 0 Å². The molecule has 0 saturated carbocycles. The highest BCUT2D eigenvalue weighted by Crippen LogP contribution is 2.06. The molecule has 0 aliphatic heterocycles. The lowest BCUT2D eigenvalue weighted by Gasteiger charge is -2.10. The minimum atomic E-state index is -0.348. The Labute approximate surface area is 77.2 Å². The van der Waals surface area contributed by atoms with E-state index in [1.165, 1.54) is 6.07 Å². The Morgan fingerprint density at radius 2 is 2.46 bits per heavy atom. The van der Waals surface area contributed by atoms with Gasteiger partial charge >= 0.3 is 0 Å². The Morgan fingerprint density at radius 3 is 2.92 bits per heavy atom. The zero-order valence-corrected chi connectivity index (χ0v) is 7.42. The molecular weight excluding hydrogens is 167 g/mol. The summed E-state index contributed by atoms with van der Waals surface area (Å²) in [5, 5.41) is 2.99. The SMILES string of the molecule is C#CC(CC)Nc1ccc(F)cn1. The lowest BCUT2D eigenvalue weighted by molar-refractivity contribution is 0.621. The molecule has 3 heteroatoms. The van der Waals surface area contributed by atoms with E-state index in [0.717, 1.165) is 12.6 Å². The monoisotopic (exact) mass is 178 g/mol. The van der Waals surface area contributed by atoms with Crippen molar-refractivity contribution < 1.29 is 4.39 Å². The fourth-order valence-corrected chi connectivity index (χ4v) is 0.901. The smallest absolute Gasteiger partial charge is 0.141 e. The summed E-state index contributed by atoms with van der Waals surface area (Å²) in [6.07, 6.45) is 7.22. The fraction of sp³-hybridized carbons (Fsp3) is 0.300. The van der Waals surface area contributed by atoms with Crippen LogP contribution in [-0.2, 0) is 0 Å². The standard InChI is InChI=1S/C10H11FN2/c1-3-9(4-2)13-10-6-5-8(11)7-12-10/h1,5-7,9H,4H2,2H3,(H,12,13). The van der Waals surface area contributed by atoms with Gasteiger partial charge in [0.2, 0.25) is 0 Å². The Hall–Kier alpha value is -1.56. The Bertz CT molecular complexity index is 300. The first-order chi connectivity index (χ1) is 6.26. The molecule has 1 aromatic rings. The van der Waals surface area contributed by atoms with Crippen LogP contribution in [0.1, 0.15) is 13.3 Å². The lowest BCUT2D eigenvalue weighted by atomic mass is 10.2. The van der Waals surface area contributed by atoms with Crippen LogP contribution in [0, 0.1) is 18.2 Å². The van der Waals surface area contributed by atoms with Crippen LogP contribution >= 0.6 is 0 Å². The van der Waals surface area contributed by atoms with Crippen LogP contribution in [0.4, 0.5) is 10.2 Å². The van der Waals surface area contributed by atoms with Gasteiger partial charge in [0.25, 0.3) is 0 Å². The molecule has 1 aromatic heterocycles. The van der Waals surface area contributed by atoms with Gasteiger partial charge in [0.05, 0.1) is 12.2 Å². The maximum absolute atomic E-state index is 12.5. The van der Waals surface area contributed by atoms with Crippen LogP contribution in [0.15, 0.2) is 18.3 Å². The number of terminal acetylenes is 1. The molecule has 0 aliphatic rings. The van der Waals surface area contributed by atoms with Crippen LogP contribution in [0.5, 0.6) is 0 Å². The molecule has 0 bridgehead atoms. The van der Waals surface area contributed by atoms with Gasteiger partial charge in [0.15, 0.2) is 0 Å². The first-order valence-corrected chi connectivity index (χ1v) is 4.10. The van der Waals surface area contributed by atoms with E-state index in [4.69, 9.17) is 6.42 Å². The lowest BCUT2D eigenvalue weighted by Crippen LogP contribution is -2.16. The minimum absolute atomic E-state index is 0.0436. The molecule has 0 radical (unpaired) electrons. The van der Waals surface area contributed by atoms with Crippen LogP contribution in [0.25, 0.3) is 0 Å². The van der Waals surface area contributed by atoms with Crippen molar-refractivity contribution in [1.82, 2.24) is 4.98 Å². The maximum atomic E-state index is 12.5. The quantitative estimate of drug-likeness (QED) is 0.716. The average molecular weight is 178 g/mol. The van der Waals surface area contributed by atoms with Crippen LogP contribution < -0.4 is 5.32 Å². The second kappa shape index (κ2) is 4.46. The third-order valence-corrected chi connectivity index (χ3v) is 1.66. The summed E-state index contributed by atoms with van der Waals surface area (Å²) in [7, 11) is 0. The Kier molecular flexibility index (Phi) is 3.27. The van der Waals surface area contributed by atoms with Crippen molar-refractivity contribution >= 4 is 5.82 Å². The molecule has 0 aliphatic carbocycles. The van der Waals surface area contributed by atoms with Crippen LogP contribution in [0.2, 0.25) is 0 Å². The highest BCUT2D eigenvalue weighted by Gasteiger charge is 2.01. The van der Waals surface area contributed by atoms with Gasteiger partial charge in [-0.15, -0.1) is 6.42 Å². The molecule has 1 rings (SSSR count). The molecule has 0 aromatic carbocycles. The van der Waals surface area contributed by atoms with Crippen molar-refractivity contribution in [3.63, 3.8) is 0 Å². The normalized spacial score (nSPS) is 11.8. The van der Waals surface area contributed by atoms with E-state index in [1.54, 1.807) is 6.07 Å². The van der Waals surface area contributed by atoms with Gasteiger partial charge in [-0.3, -0.25) is 0 Å². The van der Waals surface area contributed by atoms with Crippen LogP contribution in [0.3, 0.4) is 0 Å². The van der Waals surface area contributed by atoms with E-state index < -0.39 is 0 Å². The number of nitrogens with one attached hydrogen (secondary N) is 1. The summed E-state index contributed by atoms with van der Waals surface area (Å²) in [5.41, 5.74) is 0. The van der Waals surface area contributed by atoms with Gasteiger partial charge in [-0.1, -0.05) is 12.8 Å². The number of hydrogen-bond acceptors (Lipinski definition) is 2. The van der Waals surface area contributed by atoms with Crippen molar-refractivity contribution in [2.45, 2.75) is 19.4 Å². The second-order valence-corrected chi connectivity index (χ2v) is 2.63. The number of pyridine rings is 1. The van der Waals surface area contributed by atoms with Gasteiger partial charge in [0, 0.05) is 0 Å². The molecule has 1 heterocycles. The summed E-state index contributed by atoms with van der Waals surface area (Å²) in [4.78, 5) is 3.83. The van der Waals surface area contributed by atoms with Crippen LogP contribution in [-0.4, -0.2) is 11.0 Å². The Balaban J connectivity index is 2.64. The van der Waals surface area contributed by atoms with Crippen molar-refractivity contribution in [3.8, 4) is 12.3 Å². The van der Waals surface area contributed by atoms with E-state index in [2.05, 4.69) is 16.2 Å². The minimum Gasteiger partial charge on any atom is -0.356 e. The first-order valence-electron chi connectivity index (χ1n) is 4.10. The largest absolute Gasteiger partial charge is 0.356 e. The highest BCUT2D eigenvalue weighted by molar-refractivity contribution is 5.37. The van der Waals surface area contributed by atoms with Gasteiger partial charge in [-0.2, -0.15) is 0 Å². The molecular formula is C10H11FN2. The summed E-state index contributed by atoms with van der Waals surface area (Å²) >= 11 is 0. The molecule has 0 amide bonds. The highest BCUT2D eigenvalue weighted by atomic mass is 19.1. The molecule has 1 unspecified atom stereocenters. The number of rotatable bonds is 3. The molecule has 2 nitrogen and oxygen atoms in total. The zero-order chi connectivity index (χ0) is 9.68. The van der Waals surface area contributed by atoms with Crippen molar-refractivity contribution in [3.05, 3.63) is 24.1 Å². The number of aromatic nitrogens is 1. The molecule has 0 spiro atoms. The predicted octanol–water partition coefficient (Wildman–Crippen LogP) is 2.04. The zero-order valence-electron chi connectivity index (χ0n) is 7.42. The van der Waals surface area contributed by atoms with Gasteiger partial charge in [-0.05, 0) is 18.6 Å². The summed E-state index contributed by atoms with van der Waals surface area (Å²) in [6.45, 7) is 1.97. The van der Waals surface area contributed by atoms with Gasteiger partial charge in [-0.25, -0.2) is 9.37 Å².